The summed E-state index contributed by atoms with van der Waals surface area (Å²) in [5.41, 5.74) is 1.71. The van der Waals surface area contributed by atoms with Crippen molar-refractivity contribution in [3.8, 4) is 0 Å². The van der Waals surface area contributed by atoms with E-state index in [-0.39, 0.29) is 17.5 Å². The summed E-state index contributed by atoms with van der Waals surface area (Å²) in [5, 5.41) is 4.13. The van der Waals surface area contributed by atoms with E-state index in [2.05, 4.69) is 20.2 Å². The number of nitrogens with zero attached hydrogens (tertiary/aromatic N) is 3. The van der Waals surface area contributed by atoms with Gasteiger partial charge in [0.2, 0.25) is 5.95 Å². The van der Waals surface area contributed by atoms with E-state index in [1.165, 1.54) is 12.3 Å². The molecular weight excluding hydrogens is 422 g/mol. The maximum Gasteiger partial charge on any atom is 0.226 e. The molecule has 1 aliphatic rings. The first-order valence-electron chi connectivity index (χ1n) is 10.1. The fourth-order valence-corrected chi connectivity index (χ4v) is 4.49. The Kier molecular flexibility index (Phi) is 5.90. The molecule has 1 N–H and O–H groups in total. The molecule has 0 bridgehead atoms. The van der Waals surface area contributed by atoms with Crippen LogP contribution in [0.25, 0.3) is 10.9 Å². The van der Waals surface area contributed by atoms with Crippen LogP contribution in [0, 0.1) is 18.6 Å². The molecule has 1 aliphatic heterocycles. The Labute approximate surface area is 180 Å². The highest BCUT2D eigenvalue weighted by Gasteiger charge is 2.22. The highest BCUT2D eigenvalue weighted by Crippen LogP contribution is 2.24. The molecule has 3 aromatic rings. The lowest BCUT2D eigenvalue weighted by Gasteiger charge is -2.32. The lowest BCUT2D eigenvalue weighted by Crippen LogP contribution is -2.43. The molecule has 164 valence electrons. The minimum Gasteiger partial charge on any atom is -0.341 e. The molecule has 0 unspecified atom stereocenters. The number of fused-ring (bicyclic) bond motifs is 1. The molecule has 6 nitrogen and oxygen atoms in total. The van der Waals surface area contributed by atoms with Crippen molar-refractivity contribution in [1.29, 1.82) is 0 Å². The Morgan fingerprint density at radius 1 is 1.13 bits per heavy atom. The van der Waals surface area contributed by atoms with Crippen molar-refractivity contribution < 1.29 is 17.2 Å². The van der Waals surface area contributed by atoms with Crippen molar-refractivity contribution in [2.75, 3.05) is 24.2 Å². The summed E-state index contributed by atoms with van der Waals surface area (Å²) in [6.45, 7) is 3.57. The summed E-state index contributed by atoms with van der Waals surface area (Å²) in [6, 6.07) is 9.28. The van der Waals surface area contributed by atoms with Gasteiger partial charge in [0.1, 0.15) is 0 Å². The SMILES string of the molecule is Cc1nc(N2CCC(NCc3cccc(F)c3F)CC2)nc2cc(S(C)(=O)=O)ccc12. The van der Waals surface area contributed by atoms with Crippen molar-refractivity contribution in [2.45, 2.75) is 37.2 Å². The van der Waals surface area contributed by atoms with Gasteiger partial charge in [-0.2, -0.15) is 0 Å². The van der Waals surface area contributed by atoms with Gasteiger partial charge < -0.3 is 10.2 Å². The average Bonchev–Trinajstić information content (AvgIpc) is 2.74. The zero-order chi connectivity index (χ0) is 22.2. The van der Waals surface area contributed by atoms with E-state index in [1.54, 1.807) is 24.3 Å². The third kappa shape index (κ3) is 4.67. The van der Waals surface area contributed by atoms with E-state index < -0.39 is 21.5 Å². The van der Waals surface area contributed by atoms with E-state index in [1.807, 2.05) is 6.92 Å². The molecule has 2 aromatic carbocycles. The van der Waals surface area contributed by atoms with E-state index in [9.17, 15) is 17.2 Å². The van der Waals surface area contributed by atoms with Gasteiger partial charge in [-0.1, -0.05) is 12.1 Å². The quantitative estimate of drug-likeness (QED) is 0.648. The number of aryl methyl sites for hydroxylation is 1. The molecule has 31 heavy (non-hydrogen) atoms. The summed E-state index contributed by atoms with van der Waals surface area (Å²) >= 11 is 0. The van der Waals surface area contributed by atoms with Crippen LogP contribution in [0.2, 0.25) is 0 Å². The van der Waals surface area contributed by atoms with Crippen LogP contribution in [-0.4, -0.2) is 43.8 Å². The van der Waals surface area contributed by atoms with Crippen molar-refractivity contribution >= 4 is 26.7 Å². The number of piperidine rings is 1. The number of hydrogen-bond acceptors (Lipinski definition) is 6. The van der Waals surface area contributed by atoms with Gasteiger partial charge in [-0.15, -0.1) is 0 Å². The molecule has 1 fully saturated rings. The Morgan fingerprint density at radius 2 is 1.87 bits per heavy atom. The largest absolute Gasteiger partial charge is 0.341 e. The number of nitrogens with one attached hydrogen (secondary N) is 1. The monoisotopic (exact) mass is 446 g/mol. The third-order valence-corrected chi connectivity index (χ3v) is 6.78. The van der Waals surface area contributed by atoms with Gasteiger partial charge in [0.05, 0.1) is 16.1 Å². The maximum atomic E-state index is 13.8. The van der Waals surface area contributed by atoms with Crippen LogP contribution in [0.1, 0.15) is 24.1 Å². The molecule has 0 aliphatic carbocycles. The number of anilines is 1. The lowest BCUT2D eigenvalue weighted by molar-refractivity contribution is 0.404. The summed E-state index contributed by atoms with van der Waals surface area (Å²) < 4.78 is 51.0. The number of hydrogen-bond donors (Lipinski definition) is 1. The van der Waals surface area contributed by atoms with E-state index >= 15 is 0 Å². The summed E-state index contributed by atoms with van der Waals surface area (Å²) in [6.07, 6.45) is 2.79. The molecule has 9 heteroatoms. The first-order valence-corrected chi connectivity index (χ1v) is 12.0. The van der Waals surface area contributed by atoms with Crippen molar-refractivity contribution in [1.82, 2.24) is 15.3 Å². The molecule has 0 spiro atoms. The smallest absolute Gasteiger partial charge is 0.226 e. The second-order valence-corrected chi connectivity index (χ2v) is 9.93. The van der Waals surface area contributed by atoms with Gasteiger partial charge in [0.25, 0.3) is 0 Å². The second kappa shape index (κ2) is 8.47. The lowest BCUT2D eigenvalue weighted by atomic mass is 10.0. The second-order valence-electron chi connectivity index (χ2n) is 7.92. The predicted molar refractivity (Wildman–Crippen MR) is 116 cm³/mol. The van der Waals surface area contributed by atoms with Crippen LogP contribution < -0.4 is 10.2 Å². The van der Waals surface area contributed by atoms with Gasteiger partial charge in [-0.25, -0.2) is 27.2 Å². The van der Waals surface area contributed by atoms with Crippen LogP contribution in [0.5, 0.6) is 0 Å². The predicted octanol–water partition coefficient (Wildman–Crippen LogP) is 3.38. The molecule has 4 rings (SSSR count). The van der Waals surface area contributed by atoms with Crippen LogP contribution in [0.3, 0.4) is 0 Å². The zero-order valence-electron chi connectivity index (χ0n) is 17.4. The highest BCUT2D eigenvalue weighted by molar-refractivity contribution is 7.90. The third-order valence-electron chi connectivity index (χ3n) is 5.67. The van der Waals surface area contributed by atoms with Crippen LogP contribution in [0.15, 0.2) is 41.3 Å². The number of sulfone groups is 1. The topological polar surface area (TPSA) is 75.2 Å². The Hall–Kier alpha value is -2.65. The Bertz CT molecular complexity index is 1230. The Morgan fingerprint density at radius 3 is 2.58 bits per heavy atom. The van der Waals surface area contributed by atoms with Gasteiger partial charge in [0.15, 0.2) is 21.5 Å². The van der Waals surface area contributed by atoms with E-state index in [0.29, 0.717) is 30.1 Å². The first kappa shape index (κ1) is 21.6. The normalized spacial score (nSPS) is 15.5. The summed E-state index contributed by atoms with van der Waals surface area (Å²) in [7, 11) is -3.32. The average molecular weight is 447 g/mol. The Balaban J connectivity index is 1.45. The van der Waals surface area contributed by atoms with Crippen LogP contribution in [-0.2, 0) is 16.4 Å². The van der Waals surface area contributed by atoms with E-state index in [4.69, 9.17) is 0 Å². The van der Waals surface area contributed by atoms with Crippen molar-refractivity contribution in [3.63, 3.8) is 0 Å². The van der Waals surface area contributed by atoms with Crippen molar-refractivity contribution in [2.24, 2.45) is 0 Å². The molecule has 1 aromatic heterocycles. The number of halogens is 2. The molecule has 0 radical (unpaired) electrons. The van der Waals surface area contributed by atoms with Gasteiger partial charge >= 0.3 is 0 Å². The number of aromatic nitrogens is 2. The fraction of sp³-hybridized carbons (Fsp3) is 0.364. The van der Waals surface area contributed by atoms with Crippen LogP contribution in [0.4, 0.5) is 14.7 Å². The zero-order valence-corrected chi connectivity index (χ0v) is 18.2. The summed E-state index contributed by atoms with van der Waals surface area (Å²) in [4.78, 5) is 11.5. The van der Waals surface area contributed by atoms with Crippen molar-refractivity contribution in [3.05, 3.63) is 59.3 Å². The molecule has 0 atom stereocenters. The van der Waals surface area contributed by atoms with Gasteiger partial charge in [-0.3, -0.25) is 0 Å². The molecule has 2 heterocycles. The number of rotatable bonds is 5. The maximum absolute atomic E-state index is 13.8. The molecular formula is C22H24F2N4O2S. The molecule has 1 saturated heterocycles. The summed E-state index contributed by atoms with van der Waals surface area (Å²) in [5.74, 6) is -1.07. The van der Waals surface area contributed by atoms with E-state index in [0.717, 1.165) is 30.0 Å². The van der Waals surface area contributed by atoms with Gasteiger partial charge in [-0.05, 0) is 44.0 Å². The van der Waals surface area contributed by atoms with Crippen LogP contribution >= 0.6 is 0 Å². The minimum absolute atomic E-state index is 0.178. The first-order chi connectivity index (χ1) is 14.7. The van der Waals surface area contributed by atoms with Gasteiger partial charge in [0, 0.05) is 42.9 Å². The fourth-order valence-electron chi connectivity index (χ4n) is 3.85. The number of benzene rings is 2. The highest BCUT2D eigenvalue weighted by atomic mass is 32.2. The minimum atomic E-state index is -3.32. The molecule has 0 saturated carbocycles. The molecule has 0 amide bonds. The standard InChI is InChI=1S/C22H24F2N4O2S/c1-14-18-7-6-17(31(2,29)30)12-20(18)27-22(26-14)28-10-8-16(9-11-28)25-13-15-4-3-5-19(23)21(15)24/h3-7,12,16,25H,8-11,13H2,1-2H3.